The van der Waals surface area contributed by atoms with Crippen LogP contribution in [0.4, 0.5) is 5.69 Å². The van der Waals surface area contributed by atoms with Crippen LogP contribution in [0, 0.1) is 12.3 Å². The van der Waals surface area contributed by atoms with Crippen LogP contribution in [0.3, 0.4) is 0 Å². The number of hydrogen-bond donors (Lipinski definition) is 2. The number of nitrogens with zero attached hydrogens (tertiary/aromatic N) is 2. The molecule has 1 amide bonds. The molecular formula is C15H15BrN4O. The highest BCUT2D eigenvalue weighted by Crippen LogP contribution is 2.21. The predicted octanol–water partition coefficient (Wildman–Crippen LogP) is 2.18. The first-order valence-electron chi connectivity index (χ1n) is 6.39. The topological polar surface area (TPSA) is 59.0 Å². The van der Waals surface area contributed by atoms with Gasteiger partial charge in [-0.15, -0.1) is 6.42 Å². The summed E-state index contributed by atoms with van der Waals surface area (Å²) < 4.78 is 2.68. The molecule has 0 saturated heterocycles. The number of rotatable bonds is 5. The minimum absolute atomic E-state index is 0.151. The number of nitrogens with one attached hydrogen (secondary N) is 2. The SMILES string of the molecule is C#CCNC(=O)[C@@H](C)Nc1cnn(-c2ccccc2Br)c1. The van der Waals surface area contributed by atoms with E-state index in [4.69, 9.17) is 6.42 Å². The van der Waals surface area contributed by atoms with Gasteiger partial charge in [0.2, 0.25) is 5.91 Å². The minimum Gasteiger partial charge on any atom is -0.371 e. The lowest BCUT2D eigenvalue weighted by molar-refractivity contribution is -0.121. The first-order valence-corrected chi connectivity index (χ1v) is 7.18. The third-order valence-corrected chi connectivity index (χ3v) is 3.49. The van der Waals surface area contributed by atoms with E-state index in [1.807, 2.05) is 30.5 Å². The molecule has 0 aliphatic carbocycles. The minimum atomic E-state index is -0.393. The van der Waals surface area contributed by atoms with Gasteiger partial charge in [0, 0.05) is 4.47 Å². The second kappa shape index (κ2) is 6.95. The highest BCUT2D eigenvalue weighted by molar-refractivity contribution is 9.10. The van der Waals surface area contributed by atoms with Gasteiger partial charge >= 0.3 is 0 Å². The molecule has 1 atom stereocenters. The summed E-state index contributed by atoms with van der Waals surface area (Å²) in [6.45, 7) is 1.99. The molecule has 108 valence electrons. The smallest absolute Gasteiger partial charge is 0.242 e. The van der Waals surface area contributed by atoms with Crippen molar-refractivity contribution in [3.05, 3.63) is 41.1 Å². The van der Waals surface area contributed by atoms with E-state index < -0.39 is 6.04 Å². The summed E-state index contributed by atoms with van der Waals surface area (Å²) in [6, 6.07) is 7.37. The van der Waals surface area contributed by atoms with Gasteiger partial charge in [-0.05, 0) is 35.0 Å². The molecule has 0 aliphatic rings. The number of anilines is 1. The second-order valence-corrected chi connectivity index (χ2v) is 5.27. The summed E-state index contributed by atoms with van der Waals surface area (Å²) in [5.41, 5.74) is 1.68. The monoisotopic (exact) mass is 346 g/mol. The van der Waals surface area contributed by atoms with Crippen molar-refractivity contribution in [1.29, 1.82) is 0 Å². The van der Waals surface area contributed by atoms with Crippen molar-refractivity contribution >= 4 is 27.5 Å². The lowest BCUT2D eigenvalue weighted by Gasteiger charge is -2.12. The number of carbonyl (C=O) groups excluding carboxylic acids is 1. The molecule has 2 N–H and O–H groups in total. The Kier molecular flexibility index (Phi) is 5.01. The average Bonchev–Trinajstić information content (AvgIpc) is 2.93. The van der Waals surface area contributed by atoms with Crippen molar-refractivity contribution in [1.82, 2.24) is 15.1 Å². The average molecular weight is 347 g/mol. The fourth-order valence-corrected chi connectivity index (χ4v) is 2.24. The molecule has 1 aromatic heterocycles. The third-order valence-electron chi connectivity index (χ3n) is 2.82. The van der Waals surface area contributed by atoms with E-state index in [9.17, 15) is 4.79 Å². The number of aromatic nitrogens is 2. The van der Waals surface area contributed by atoms with Crippen molar-refractivity contribution in [3.8, 4) is 18.0 Å². The summed E-state index contributed by atoms with van der Waals surface area (Å²) in [7, 11) is 0. The summed E-state index contributed by atoms with van der Waals surface area (Å²) in [6.07, 6.45) is 8.60. The lowest BCUT2D eigenvalue weighted by atomic mass is 10.3. The Hall–Kier alpha value is -2.26. The molecule has 6 heteroatoms. The maximum absolute atomic E-state index is 11.7. The Labute approximate surface area is 131 Å². The summed E-state index contributed by atoms with van der Waals surface area (Å²) in [5, 5.41) is 9.99. The van der Waals surface area contributed by atoms with E-state index in [0.29, 0.717) is 0 Å². The molecule has 0 saturated carbocycles. The van der Waals surface area contributed by atoms with Crippen LogP contribution in [0.1, 0.15) is 6.92 Å². The Morgan fingerprint density at radius 3 is 3.00 bits per heavy atom. The summed E-state index contributed by atoms with van der Waals surface area (Å²) in [5.74, 6) is 2.22. The quantitative estimate of drug-likeness (QED) is 0.816. The van der Waals surface area contributed by atoms with E-state index in [0.717, 1.165) is 15.8 Å². The van der Waals surface area contributed by atoms with Crippen LogP contribution in [0.5, 0.6) is 0 Å². The zero-order valence-corrected chi connectivity index (χ0v) is 13.1. The molecule has 0 spiro atoms. The standard InChI is InChI=1S/C15H15BrN4O/c1-3-8-17-15(21)11(2)19-12-9-18-20(10-12)14-7-5-4-6-13(14)16/h1,4-7,9-11,19H,8H2,2H3,(H,17,21)/t11-/m1/s1. The Morgan fingerprint density at radius 1 is 1.52 bits per heavy atom. The number of para-hydroxylation sites is 1. The summed E-state index contributed by atoms with van der Waals surface area (Å²) >= 11 is 3.48. The van der Waals surface area contributed by atoms with Crippen LogP contribution in [0.15, 0.2) is 41.1 Å². The van der Waals surface area contributed by atoms with Crippen molar-refractivity contribution in [2.75, 3.05) is 11.9 Å². The van der Waals surface area contributed by atoms with Crippen LogP contribution < -0.4 is 10.6 Å². The van der Waals surface area contributed by atoms with E-state index in [1.165, 1.54) is 0 Å². The van der Waals surface area contributed by atoms with Gasteiger partial charge in [-0.3, -0.25) is 4.79 Å². The first-order chi connectivity index (χ1) is 10.1. The normalized spacial score (nSPS) is 11.5. The van der Waals surface area contributed by atoms with Crippen LogP contribution in [-0.4, -0.2) is 28.3 Å². The van der Waals surface area contributed by atoms with Crippen LogP contribution >= 0.6 is 15.9 Å². The van der Waals surface area contributed by atoms with Crippen LogP contribution in [-0.2, 0) is 4.79 Å². The van der Waals surface area contributed by atoms with Crippen LogP contribution in [0.25, 0.3) is 5.69 Å². The predicted molar refractivity (Wildman–Crippen MR) is 86.2 cm³/mol. The molecular weight excluding hydrogens is 332 g/mol. The van der Waals surface area contributed by atoms with Gasteiger partial charge in [-0.2, -0.15) is 5.10 Å². The third kappa shape index (κ3) is 3.86. The van der Waals surface area contributed by atoms with Gasteiger partial charge in [-0.1, -0.05) is 18.1 Å². The van der Waals surface area contributed by atoms with Crippen molar-refractivity contribution in [2.24, 2.45) is 0 Å². The van der Waals surface area contributed by atoms with Gasteiger partial charge in [0.05, 0.1) is 30.3 Å². The van der Waals surface area contributed by atoms with Crippen LogP contribution in [0.2, 0.25) is 0 Å². The Balaban J connectivity index is 2.06. The maximum atomic E-state index is 11.7. The molecule has 5 nitrogen and oxygen atoms in total. The highest BCUT2D eigenvalue weighted by Gasteiger charge is 2.13. The first kappa shape index (κ1) is 15.1. The highest BCUT2D eigenvalue weighted by atomic mass is 79.9. The molecule has 0 bridgehead atoms. The fourth-order valence-electron chi connectivity index (χ4n) is 1.77. The van der Waals surface area contributed by atoms with Gasteiger partial charge in [-0.25, -0.2) is 4.68 Å². The van der Waals surface area contributed by atoms with Crippen molar-refractivity contribution in [2.45, 2.75) is 13.0 Å². The van der Waals surface area contributed by atoms with E-state index in [2.05, 4.69) is 37.6 Å². The molecule has 0 aliphatic heterocycles. The van der Waals surface area contributed by atoms with Gasteiger partial charge in [0.25, 0.3) is 0 Å². The fraction of sp³-hybridized carbons (Fsp3) is 0.200. The van der Waals surface area contributed by atoms with Gasteiger partial charge in [0.15, 0.2) is 0 Å². The zero-order chi connectivity index (χ0) is 15.2. The molecule has 0 radical (unpaired) electrons. The second-order valence-electron chi connectivity index (χ2n) is 4.41. The van der Waals surface area contributed by atoms with E-state index in [1.54, 1.807) is 17.8 Å². The summed E-state index contributed by atoms with van der Waals surface area (Å²) in [4.78, 5) is 11.7. The van der Waals surface area contributed by atoms with Crippen molar-refractivity contribution in [3.63, 3.8) is 0 Å². The van der Waals surface area contributed by atoms with E-state index >= 15 is 0 Å². The Bertz CT molecular complexity index is 674. The number of benzene rings is 1. The molecule has 2 rings (SSSR count). The van der Waals surface area contributed by atoms with Gasteiger partial charge < -0.3 is 10.6 Å². The number of halogens is 1. The molecule has 0 fully saturated rings. The molecule has 21 heavy (non-hydrogen) atoms. The molecule has 1 heterocycles. The maximum Gasteiger partial charge on any atom is 0.242 e. The zero-order valence-electron chi connectivity index (χ0n) is 11.5. The number of amides is 1. The largest absolute Gasteiger partial charge is 0.371 e. The molecule has 0 unspecified atom stereocenters. The number of terminal acetylenes is 1. The van der Waals surface area contributed by atoms with Gasteiger partial charge in [0.1, 0.15) is 6.04 Å². The van der Waals surface area contributed by atoms with E-state index in [-0.39, 0.29) is 12.5 Å². The lowest BCUT2D eigenvalue weighted by Crippen LogP contribution is -2.37. The van der Waals surface area contributed by atoms with Crippen molar-refractivity contribution < 1.29 is 4.79 Å². The number of carbonyl (C=O) groups is 1. The molecule has 2 aromatic rings. The number of hydrogen-bond acceptors (Lipinski definition) is 3. The molecule has 1 aromatic carbocycles. The Morgan fingerprint density at radius 2 is 2.29 bits per heavy atom.